The van der Waals surface area contributed by atoms with E-state index in [-0.39, 0.29) is 16.1 Å². The zero-order chi connectivity index (χ0) is 21.3. The first-order valence-electron chi connectivity index (χ1n) is 8.30. The number of hydrogen-bond donors (Lipinski definition) is 1. The number of carbonyl (C=O) groups excluding carboxylic acids is 1. The molecule has 1 atom stereocenters. The summed E-state index contributed by atoms with van der Waals surface area (Å²) in [6.07, 6.45) is -1.15. The molecule has 1 amide bonds. The van der Waals surface area contributed by atoms with E-state index in [0.29, 0.717) is 11.6 Å². The number of sulfonamides is 1. The minimum absolute atomic E-state index is 0.00682. The van der Waals surface area contributed by atoms with Gasteiger partial charge in [0.1, 0.15) is 22.7 Å². The lowest BCUT2D eigenvalue weighted by atomic mass is 10.2. The maximum Gasteiger partial charge on any atom is 0.268 e. The molecule has 0 saturated heterocycles. The van der Waals surface area contributed by atoms with Gasteiger partial charge in [-0.05, 0) is 42.5 Å². The van der Waals surface area contributed by atoms with Crippen LogP contribution in [0.1, 0.15) is 6.92 Å². The van der Waals surface area contributed by atoms with E-state index in [2.05, 4.69) is 15.6 Å². The lowest BCUT2D eigenvalue weighted by molar-refractivity contribution is -0.127. The van der Waals surface area contributed by atoms with E-state index < -0.39 is 33.7 Å². The lowest BCUT2D eigenvalue weighted by Crippen LogP contribution is -2.35. The molecule has 3 rings (SSSR count). The van der Waals surface area contributed by atoms with Crippen molar-refractivity contribution in [1.29, 1.82) is 0 Å². The van der Waals surface area contributed by atoms with Gasteiger partial charge < -0.3 is 10.2 Å². The summed E-state index contributed by atoms with van der Waals surface area (Å²) < 4.78 is 52.3. The van der Waals surface area contributed by atoms with E-state index in [1.54, 1.807) is 0 Å². The first-order chi connectivity index (χ1) is 13.6. The van der Waals surface area contributed by atoms with Crippen LogP contribution in [0, 0.1) is 11.6 Å². The molecule has 0 unspecified atom stereocenters. The first-order valence-corrected chi connectivity index (χ1v) is 9.74. The fraction of sp³-hybridized carbons (Fsp3) is 0.235. The Hall–Kier alpha value is -3.12. The smallest absolute Gasteiger partial charge is 0.268 e. The number of hydrogen-bond acceptors (Lipinski definition) is 6. The molecule has 1 heterocycles. The largest absolute Gasteiger partial charge is 0.382 e. The summed E-state index contributed by atoms with van der Waals surface area (Å²) in [6, 6.07) is 6.87. The van der Waals surface area contributed by atoms with E-state index in [0.717, 1.165) is 21.3 Å². The second-order valence-electron chi connectivity index (χ2n) is 6.26. The number of aromatic nitrogens is 3. The molecule has 0 spiro atoms. The number of halogens is 2. The van der Waals surface area contributed by atoms with Crippen molar-refractivity contribution in [3.8, 4) is 0 Å². The lowest BCUT2D eigenvalue weighted by Gasteiger charge is -2.15. The Bertz CT molecular complexity index is 1180. The van der Waals surface area contributed by atoms with Gasteiger partial charge in [0.25, 0.3) is 5.91 Å². The Balaban J connectivity index is 1.82. The van der Waals surface area contributed by atoms with Crippen LogP contribution in [0.2, 0.25) is 0 Å². The van der Waals surface area contributed by atoms with Gasteiger partial charge in [-0.3, -0.25) is 4.79 Å². The zero-order valence-electron chi connectivity index (χ0n) is 15.6. The predicted molar refractivity (Wildman–Crippen MR) is 99.4 cm³/mol. The summed E-state index contributed by atoms with van der Waals surface area (Å²) in [6.45, 7) is 1.38. The van der Waals surface area contributed by atoms with Crippen LogP contribution in [0.3, 0.4) is 0 Å². The summed E-state index contributed by atoms with van der Waals surface area (Å²) in [5.41, 5.74) is 0.357. The Labute approximate surface area is 164 Å². The van der Waals surface area contributed by atoms with Crippen molar-refractivity contribution in [3.05, 3.63) is 48.0 Å². The highest BCUT2D eigenvalue weighted by Gasteiger charge is 2.22. The number of rotatable bonds is 6. The number of benzene rings is 2. The van der Waals surface area contributed by atoms with Crippen LogP contribution in [0.25, 0.3) is 11.0 Å². The standard InChI is InChI=1S/C17H17F2N5O4S/c1-10(17(25)20-14-6-4-11(18)8-13(14)19)28-24-16-9-12(29(26,27)23(2)3)5-7-15(16)21-22-24/h4-10H,1-3H3,(H,20,25)/t10-/m1/s1. The van der Waals surface area contributed by atoms with Crippen molar-refractivity contribution in [2.24, 2.45) is 0 Å². The Morgan fingerprint density at radius 2 is 1.93 bits per heavy atom. The molecule has 3 aromatic rings. The van der Waals surface area contributed by atoms with E-state index in [9.17, 15) is 22.0 Å². The fourth-order valence-electron chi connectivity index (χ4n) is 2.35. The van der Waals surface area contributed by atoms with Gasteiger partial charge in [0.2, 0.25) is 16.1 Å². The number of nitrogens with zero attached hydrogens (tertiary/aromatic N) is 4. The van der Waals surface area contributed by atoms with Gasteiger partial charge in [0.15, 0.2) is 0 Å². The molecule has 1 aromatic heterocycles. The Kier molecular flexibility index (Phi) is 5.48. The minimum Gasteiger partial charge on any atom is -0.382 e. The topological polar surface area (TPSA) is 106 Å². The molecule has 12 heteroatoms. The van der Waals surface area contributed by atoms with Gasteiger partial charge in [-0.25, -0.2) is 21.5 Å². The zero-order valence-corrected chi connectivity index (χ0v) is 16.4. The molecule has 0 saturated carbocycles. The van der Waals surface area contributed by atoms with Gasteiger partial charge in [0, 0.05) is 20.2 Å². The summed E-state index contributed by atoms with van der Waals surface area (Å²) >= 11 is 0. The van der Waals surface area contributed by atoms with E-state index in [1.807, 2.05) is 0 Å². The molecule has 0 aliphatic rings. The van der Waals surface area contributed by atoms with Crippen molar-refractivity contribution in [2.75, 3.05) is 19.4 Å². The van der Waals surface area contributed by atoms with E-state index in [4.69, 9.17) is 4.84 Å². The van der Waals surface area contributed by atoms with Crippen LogP contribution < -0.4 is 10.2 Å². The van der Waals surface area contributed by atoms with Gasteiger partial charge in [-0.2, -0.15) is 0 Å². The monoisotopic (exact) mass is 425 g/mol. The molecular formula is C17H17F2N5O4S. The third-order valence-corrected chi connectivity index (χ3v) is 5.79. The first kappa shape index (κ1) is 20.6. The molecule has 2 aromatic carbocycles. The summed E-state index contributed by atoms with van der Waals surface area (Å²) in [4.78, 5) is 18.6. The van der Waals surface area contributed by atoms with Crippen LogP contribution in [0.4, 0.5) is 14.5 Å². The molecule has 154 valence electrons. The second kappa shape index (κ2) is 7.72. The highest BCUT2D eigenvalue weighted by atomic mass is 32.2. The van der Waals surface area contributed by atoms with E-state index >= 15 is 0 Å². The van der Waals surface area contributed by atoms with Gasteiger partial charge in [-0.1, -0.05) is 4.85 Å². The molecule has 9 nitrogen and oxygen atoms in total. The fourth-order valence-corrected chi connectivity index (χ4v) is 3.27. The minimum atomic E-state index is -3.70. The third-order valence-electron chi connectivity index (χ3n) is 3.98. The van der Waals surface area contributed by atoms with Crippen LogP contribution >= 0.6 is 0 Å². The highest BCUT2D eigenvalue weighted by molar-refractivity contribution is 7.89. The molecule has 0 fully saturated rings. The predicted octanol–water partition coefficient (Wildman–Crippen LogP) is 1.42. The van der Waals surface area contributed by atoms with Crippen LogP contribution in [-0.2, 0) is 14.8 Å². The molecule has 0 radical (unpaired) electrons. The summed E-state index contributed by atoms with van der Waals surface area (Å²) in [7, 11) is -0.909. The second-order valence-corrected chi connectivity index (χ2v) is 8.41. The van der Waals surface area contributed by atoms with Crippen LogP contribution in [0.15, 0.2) is 41.3 Å². The molecule has 0 aliphatic carbocycles. The highest BCUT2D eigenvalue weighted by Crippen LogP contribution is 2.19. The molecule has 29 heavy (non-hydrogen) atoms. The summed E-state index contributed by atoms with van der Waals surface area (Å²) in [5, 5.41) is 9.89. The Morgan fingerprint density at radius 3 is 2.59 bits per heavy atom. The third kappa shape index (κ3) is 4.17. The van der Waals surface area contributed by atoms with Gasteiger partial charge in [-0.15, -0.1) is 5.10 Å². The maximum atomic E-state index is 13.7. The summed E-state index contributed by atoms with van der Waals surface area (Å²) in [5.74, 6) is -2.44. The number of amides is 1. The molecular weight excluding hydrogens is 408 g/mol. The average molecular weight is 425 g/mol. The average Bonchev–Trinajstić information content (AvgIpc) is 3.05. The number of nitrogens with one attached hydrogen (secondary N) is 1. The van der Waals surface area contributed by atoms with Gasteiger partial charge >= 0.3 is 0 Å². The normalized spacial score (nSPS) is 12.9. The van der Waals surface area contributed by atoms with Crippen molar-refractivity contribution in [2.45, 2.75) is 17.9 Å². The molecule has 0 bridgehead atoms. The van der Waals surface area contributed by atoms with Gasteiger partial charge in [0.05, 0.1) is 10.6 Å². The molecule has 1 N–H and O–H groups in total. The maximum absolute atomic E-state index is 13.7. The molecule has 0 aliphatic heterocycles. The van der Waals surface area contributed by atoms with Crippen LogP contribution in [-0.4, -0.2) is 54.0 Å². The van der Waals surface area contributed by atoms with Crippen molar-refractivity contribution in [3.63, 3.8) is 0 Å². The van der Waals surface area contributed by atoms with Crippen molar-refractivity contribution < 1.29 is 26.8 Å². The SMILES string of the molecule is C[C@@H](On1nnc2ccc(S(=O)(=O)N(C)C)cc21)C(=O)Nc1ccc(F)cc1F. The van der Waals surface area contributed by atoms with E-state index in [1.165, 1.54) is 39.2 Å². The number of anilines is 1. The quantitative estimate of drug-likeness (QED) is 0.640. The Morgan fingerprint density at radius 1 is 1.21 bits per heavy atom. The van der Waals surface area contributed by atoms with Crippen molar-refractivity contribution in [1.82, 2.24) is 19.5 Å². The number of fused-ring (bicyclic) bond motifs is 1. The van der Waals surface area contributed by atoms with Crippen LogP contribution in [0.5, 0.6) is 0 Å². The van der Waals surface area contributed by atoms with Crippen molar-refractivity contribution >= 4 is 32.7 Å². The number of carbonyl (C=O) groups is 1.